The van der Waals surface area contributed by atoms with Crippen LogP contribution in [0, 0.1) is 12.8 Å². The normalized spacial score (nSPS) is 20.8. The molecule has 216 valence electrons. The number of piperidine rings is 1. The Morgan fingerprint density at radius 2 is 1.98 bits per heavy atom. The Morgan fingerprint density at radius 1 is 1.05 bits per heavy atom. The summed E-state index contributed by atoms with van der Waals surface area (Å²) in [7, 11) is 0. The SMILES string of the molecule is Cc1cccc(C(Nc2ccc3c(c2)Sc2cccc(C4CN(c5cc[nH]c(=O)c5)CCO4)c2S3)C2CCCNC2)n1. The highest BCUT2D eigenvalue weighted by Gasteiger charge is 2.30. The van der Waals surface area contributed by atoms with Gasteiger partial charge < -0.3 is 25.3 Å². The van der Waals surface area contributed by atoms with Gasteiger partial charge in [0.15, 0.2) is 0 Å². The molecule has 0 amide bonds. The molecule has 0 radical (unpaired) electrons. The van der Waals surface area contributed by atoms with E-state index in [4.69, 9.17) is 9.72 Å². The van der Waals surface area contributed by atoms with E-state index >= 15 is 0 Å². The minimum atomic E-state index is -0.0815. The Hall–Kier alpha value is -3.24. The van der Waals surface area contributed by atoms with Gasteiger partial charge in [-0.15, -0.1) is 0 Å². The van der Waals surface area contributed by atoms with E-state index in [0.717, 1.165) is 42.4 Å². The average Bonchev–Trinajstić information content (AvgIpc) is 3.03. The molecule has 4 aromatic rings. The van der Waals surface area contributed by atoms with Crippen molar-refractivity contribution in [1.82, 2.24) is 15.3 Å². The van der Waals surface area contributed by atoms with Crippen LogP contribution in [0.5, 0.6) is 0 Å². The monoisotopic (exact) mass is 597 g/mol. The van der Waals surface area contributed by atoms with Gasteiger partial charge in [-0.3, -0.25) is 9.78 Å². The van der Waals surface area contributed by atoms with Crippen molar-refractivity contribution >= 4 is 34.9 Å². The van der Waals surface area contributed by atoms with Crippen molar-refractivity contribution in [3.05, 3.63) is 100 Å². The molecule has 3 N–H and O–H groups in total. The molecular formula is C33H35N5O2S2. The molecule has 0 aliphatic carbocycles. The number of H-pyrrole nitrogens is 1. The van der Waals surface area contributed by atoms with Gasteiger partial charge in [-0.05, 0) is 80.3 Å². The number of morpholine rings is 1. The zero-order valence-corrected chi connectivity index (χ0v) is 25.3. The second kappa shape index (κ2) is 12.2. The number of pyridine rings is 2. The van der Waals surface area contributed by atoms with Crippen LogP contribution < -0.4 is 21.1 Å². The van der Waals surface area contributed by atoms with Crippen LogP contribution in [-0.4, -0.2) is 42.8 Å². The molecule has 2 saturated heterocycles. The number of nitrogens with zero attached hydrogens (tertiary/aromatic N) is 2. The summed E-state index contributed by atoms with van der Waals surface area (Å²) in [6.45, 7) is 6.26. The Labute approximate surface area is 254 Å². The third-order valence-electron chi connectivity index (χ3n) is 8.28. The number of fused-ring (bicyclic) bond motifs is 2. The lowest BCUT2D eigenvalue weighted by Gasteiger charge is -2.36. The molecule has 3 atom stereocenters. The van der Waals surface area contributed by atoms with E-state index in [9.17, 15) is 4.79 Å². The number of benzene rings is 2. The fraction of sp³-hybridized carbons (Fsp3) is 0.333. The Kier molecular flexibility index (Phi) is 7.99. The Morgan fingerprint density at radius 3 is 2.83 bits per heavy atom. The molecule has 0 saturated carbocycles. The molecule has 0 bridgehead atoms. The van der Waals surface area contributed by atoms with Crippen LogP contribution in [0.25, 0.3) is 0 Å². The van der Waals surface area contributed by atoms with Gasteiger partial charge in [0, 0.05) is 68.5 Å². The second-order valence-electron chi connectivity index (χ2n) is 11.2. The van der Waals surface area contributed by atoms with Crippen LogP contribution in [0.15, 0.2) is 97.3 Å². The number of aromatic amines is 1. The number of anilines is 2. The molecule has 7 nitrogen and oxygen atoms in total. The first kappa shape index (κ1) is 27.6. The first-order chi connectivity index (χ1) is 20.6. The first-order valence-corrected chi connectivity index (χ1v) is 16.3. The Balaban J connectivity index is 1.12. The van der Waals surface area contributed by atoms with Gasteiger partial charge in [-0.25, -0.2) is 0 Å². The first-order valence-electron chi connectivity index (χ1n) is 14.7. The fourth-order valence-electron chi connectivity index (χ4n) is 6.18. The van der Waals surface area contributed by atoms with Gasteiger partial charge in [-0.1, -0.05) is 41.7 Å². The molecule has 9 heteroatoms. The zero-order chi connectivity index (χ0) is 28.5. The fourth-order valence-corrected chi connectivity index (χ4v) is 8.63. The van der Waals surface area contributed by atoms with Gasteiger partial charge in [-0.2, -0.15) is 0 Å². The number of aryl methyl sites for hydroxylation is 1. The number of aromatic nitrogens is 2. The molecular weight excluding hydrogens is 563 g/mol. The van der Waals surface area contributed by atoms with Crippen LogP contribution in [0.2, 0.25) is 0 Å². The van der Waals surface area contributed by atoms with Gasteiger partial charge >= 0.3 is 0 Å². The van der Waals surface area contributed by atoms with Crippen molar-refractivity contribution in [3.63, 3.8) is 0 Å². The summed E-state index contributed by atoms with van der Waals surface area (Å²) in [6, 6.07) is 23.4. The third-order valence-corrected chi connectivity index (χ3v) is 10.9. The van der Waals surface area contributed by atoms with Gasteiger partial charge in [0.25, 0.3) is 0 Å². The molecule has 3 aliphatic rings. The van der Waals surface area contributed by atoms with Crippen molar-refractivity contribution in [2.24, 2.45) is 5.92 Å². The summed E-state index contributed by atoms with van der Waals surface area (Å²) in [5, 5.41) is 7.47. The van der Waals surface area contributed by atoms with Gasteiger partial charge in [0.2, 0.25) is 5.56 Å². The highest BCUT2D eigenvalue weighted by atomic mass is 32.2. The maximum Gasteiger partial charge on any atom is 0.249 e. The van der Waals surface area contributed by atoms with Gasteiger partial charge in [0.1, 0.15) is 6.10 Å². The zero-order valence-electron chi connectivity index (χ0n) is 23.6. The lowest BCUT2D eigenvalue weighted by atomic mass is 9.89. The molecule has 3 aliphatic heterocycles. The van der Waals surface area contributed by atoms with Gasteiger partial charge in [0.05, 0.1) is 18.3 Å². The molecule has 42 heavy (non-hydrogen) atoms. The second-order valence-corrected chi connectivity index (χ2v) is 13.3. The molecule has 2 fully saturated rings. The number of nitrogens with one attached hydrogen (secondary N) is 3. The van der Waals surface area contributed by atoms with E-state index in [2.05, 4.69) is 82.0 Å². The molecule has 5 heterocycles. The van der Waals surface area contributed by atoms with Crippen molar-refractivity contribution in [2.45, 2.75) is 51.5 Å². The molecule has 2 aromatic carbocycles. The molecule has 0 spiro atoms. The summed E-state index contributed by atoms with van der Waals surface area (Å²) in [4.78, 5) is 26.8. The summed E-state index contributed by atoms with van der Waals surface area (Å²) < 4.78 is 6.30. The van der Waals surface area contributed by atoms with E-state index in [1.165, 1.54) is 38.0 Å². The van der Waals surface area contributed by atoms with E-state index in [1.54, 1.807) is 12.3 Å². The Bertz CT molecular complexity index is 1640. The summed E-state index contributed by atoms with van der Waals surface area (Å²) in [6.07, 6.45) is 4.03. The van der Waals surface area contributed by atoms with Crippen LogP contribution >= 0.6 is 23.5 Å². The minimum Gasteiger partial charge on any atom is -0.376 e. The smallest absolute Gasteiger partial charge is 0.249 e. The largest absolute Gasteiger partial charge is 0.376 e. The molecule has 7 rings (SSSR count). The standard InChI is InChI=1S/C33H35N5O2S2/c1-21-5-2-8-26(36-21)32(22-6-4-13-34-19-22)37-23-10-11-28-30(17-23)41-29-9-3-7-25(33(29)42-28)27-20-38(15-16-40-27)24-12-14-35-31(39)18-24/h2-3,5,7-12,14,17-18,22,27,32,34,37H,4,6,13,15-16,19-20H2,1H3,(H,35,39). The van der Waals surface area contributed by atoms with Crippen molar-refractivity contribution in [2.75, 3.05) is 43.0 Å². The predicted molar refractivity (Wildman–Crippen MR) is 170 cm³/mol. The maximum absolute atomic E-state index is 11.9. The molecule has 2 aromatic heterocycles. The number of hydrogen-bond acceptors (Lipinski definition) is 8. The lowest BCUT2D eigenvalue weighted by Crippen LogP contribution is -2.39. The highest BCUT2D eigenvalue weighted by molar-refractivity contribution is 8.05. The van der Waals surface area contributed by atoms with Crippen molar-refractivity contribution < 1.29 is 4.74 Å². The van der Waals surface area contributed by atoms with Crippen molar-refractivity contribution in [1.29, 1.82) is 0 Å². The predicted octanol–water partition coefficient (Wildman–Crippen LogP) is 6.42. The maximum atomic E-state index is 11.9. The molecule has 3 unspecified atom stereocenters. The van der Waals surface area contributed by atoms with E-state index in [0.29, 0.717) is 19.1 Å². The highest BCUT2D eigenvalue weighted by Crippen LogP contribution is 2.52. The van der Waals surface area contributed by atoms with E-state index in [1.807, 2.05) is 29.6 Å². The average molecular weight is 598 g/mol. The quantitative estimate of drug-likeness (QED) is 0.207. The third kappa shape index (κ3) is 5.83. The lowest BCUT2D eigenvalue weighted by molar-refractivity contribution is 0.0379. The van der Waals surface area contributed by atoms with Crippen LogP contribution in [0.1, 0.15) is 41.9 Å². The number of hydrogen-bond donors (Lipinski definition) is 3. The summed E-state index contributed by atoms with van der Waals surface area (Å²) in [5.41, 5.74) is 5.36. The van der Waals surface area contributed by atoms with Crippen LogP contribution in [-0.2, 0) is 4.74 Å². The van der Waals surface area contributed by atoms with Crippen LogP contribution in [0.4, 0.5) is 11.4 Å². The number of ether oxygens (including phenoxy) is 1. The van der Waals surface area contributed by atoms with Crippen molar-refractivity contribution in [3.8, 4) is 0 Å². The summed E-state index contributed by atoms with van der Waals surface area (Å²) in [5.74, 6) is 0.485. The number of rotatable bonds is 6. The van der Waals surface area contributed by atoms with E-state index < -0.39 is 0 Å². The van der Waals surface area contributed by atoms with E-state index in [-0.39, 0.29) is 17.7 Å². The van der Waals surface area contributed by atoms with Crippen LogP contribution in [0.3, 0.4) is 0 Å². The topological polar surface area (TPSA) is 82.3 Å². The summed E-state index contributed by atoms with van der Waals surface area (Å²) >= 11 is 3.66. The minimum absolute atomic E-state index is 0.0599.